The highest BCUT2D eigenvalue weighted by molar-refractivity contribution is 4.88. The first-order chi connectivity index (χ1) is 6.75. The molecule has 0 radical (unpaired) electrons. The van der Waals surface area contributed by atoms with Crippen LogP contribution in [0.2, 0.25) is 0 Å². The standard InChI is InChI=1S/C10H20N2.C2H6/c1-8-6-12(7-9(2)11-8)10-4-3-5-10;1-2/h8-11H,3-7H2,1-2H3;1-2H3. The molecule has 0 aromatic carbocycles. The highest BCUT2D eigenvalue weighted by atomic mass is 15.2. The van der Waals surface area contributed by atoms with Crippen molar-refractivity contribution in [2.75, 3.05) is 13.1 Å². The maximum Gasteiger partial charge on any atom is 0.0169 e. The lowest BCUT2D eigenvalue weighted by molar-refractivity contribution is 0.0775. The van der Waals surface area contributed by atoms with Crippen LogP contribution in [0.15, 0.2) is 0 Å². The minimum atomic E-state index is 0.689. The SMILES string of the molecule is CC.CC1CN(C2CCC2)CC(C)N1. The first-order valence-corrected chi connectivity index (χ1v) is 6.26. The molecule has 0 spiro atoms. The number of nitrogens with one attached hydrogen (secondary N) is 1. The molecule has 1 saturated heterocycles. The van der Waals surface area contributed by atoms with Crippen LogP contribution in [-0.4, -0.2) is 36.1 Å². The fourth-order valence-electron chi connectivity index (χ4n) is 2.42. The molecule has 1 heterocycles. The normalized spacial score (nSPS) is 34.3. The molecule has 14 heavy (non-hydrogen) atoms. The summed E-state index contributed by atoms with van der Waals surface area (Å²) >= 11 is 0. The van der Waals surface area contributed by atoms with Crippen LogP contribution in [0.3, 0.4) is 0 Å². The Morgan fingerprint density at radius 2 is 1.50 bits per heavy atom. The molecule has 2 nitrogen and oxygen atoms in total. The van der Waals surface area contributed by atoms with Gasteiger partial charge in [0, 0.05) is 31.2 Å². The second kappa shape index (κ2) is 5.72. The average Bonchev–Trinajstić information content (AvgIpc) is 2.02. The van der Waals surface area contributed by atoms with Gasteiger partial charge in [-0.2, -0.15) is 0 Å². The molecule has 1 N–H and O–H groups in total. The molecule has 2 rings (SSSR count). The van der Waals surface area contributed by atoms with Gasteiger partial charge in [-0.05, 0) is 26.7 Å². The largest absolute Gasteiger partial charge is 0.309 e. The molecular weight excluding hydrogens is 172 g/mol. The van der Waals surface area contributed by atoms with Gasteiger partial charge in [-0.15, -0.1) is 0 Å². The Balaban J connectivity index is 0.000000461. The molecular formula is C12H26N2. The molecule has 2 aliphatic rings. The van der Waals surface area contributed by atoms with Gasteiger partial charge in [-0.25, -0.2) is 0 Å². The Hall–Kier alpha value is -0.0800. The first-order valence-electron chi connectivity index (χ1n) is 6.26. The number of hydrogen-bond acceptors (Lipinski definition) is 2. The second-order valence-corrected chi connectivity index (χ2v) is 4.51. The van der Waals surface area contributed by atoms with Gasteiger partial charge < -0.3 is 5.32 Å². The highest BCUT2D eigenvalue weighted by Gasteiger charge is 2.29. The van der Waals surface area contributed by atoms with Crippen LogP contribution in [0.5, 0.6) is 0 Å². The van der Waals surface area contributed by atoms with Gasteiger partial charge >= 0.3 is 0 Å². The van der Waals surface area contributed by atoms with Gasteiger partial charge in [0.15, 0.2) is 0 Å². The van der Waals surface area contributed by atoms with E-state index in [2.05, 4.69) is 24.1 Å². The lowest BCUT2D eigenvalue weighted by Gasteiger charge is -2.44. The minimum Gasteiger partial charge on any atom is -0.309 e. The maximum atomic E-state index is 3.57. The van der Waals surface area contributed by atoms with Crippen LogP contribution in [0.25, 0.3) is 0 Å². The molecule has 2 atom stereocenters. The van der Waals surface area contributed by atoms with E-state index in [9.17, 15) is 0 Å². The molecule has 0 amide bonds. The molecule has 1 aliphatic heterocycles. The lowest BCUT2D eigenvalue weighted by atomic mass is 9.90. The van der Waals surface area contributed by atoms with Crippen LogP contribution in [0.4, 0.5) is 0 Å². The number of hydrogen-bond donors (Lipinski definition) is 1. The predicted molar refractivity (Wildman–Crippen MR) is 62.6 cm³/mol. The summed E-state index contributed by atoms with van der Waals surface area (Å²) in [5.74, 6) is 0. The van der Waals surface area contributed by atoms with Gasteiger partial charge in [0.05, 0.1) is 0 Å². The van der Waals surface area contributed by atoms with Crippen molar-refractivity contribution in [2.45, 2.75) is 65.1 Å². The van der Waals surface area contributed by atoms with E-state index in [1.807, 2.05) is 13.8 Å². The summed E-state index contributed by atoms with van der Waals surface area (Å²) in [7, 11) is 0. The zero-order valence-electron chi connectivity index (χ0n) is 10.2. The average molecular weight is 198 g/mol. The summed E-state index contributed by atoms with van der Waals surface area (Å²) in [6.07, 6.45) is 4.34. The van der Waals surface area contributed by atoms with Gasteiger partial charge in [0.2, 0.25) is 0 Å². The monoisotopic (exact) mass is 198 g/mol. The molecule has 0 aromatic rings. The summed E-state index contributed by atoms with van der Waals surface area (Å²) in [4.78, 5) is 2.68. The topological polar surface area (TPSA) is 15.3 Å². The van der Waals surface area contributed by atoms with Crippen LogP contribution in [-0.2, 0) is 0 Å². The number of rotatable bonds is 1. The summed E-state index contributed by atoms with van der Waals surface area (Å²) in [5, 5.41) is 3.57. The third-order valence-corrected chi connectivity index (χ3v) is 3.18. The molecule has 0 bridgehead atoms. The summed E-state index contributed by atoms with van der Waals surface area (Å²) in [6, 6.07) is 2.31. The van der Waals surface area contributed by atoms with Crippen LogP contribution in [0, 0.1) is 0 Å². The summed E-state index contributed by atoms with van der Waals surface area (Å²) in [6.45, 7) is 11.1. The fraction of sp³-hybridized carbons (Fsp3) is 1.00. The van der Waals surface area contributed by atoms with E-state index in [1.54, 1.807) is 0 Å². The van der Waals surface area contributed by atoms with E-state index in [-0.39, 0.29) is 0 Å². The molecule has 2 fully saturated rings. The van der Waals surface area contributed by atoms with Crippen LogP contribution in [0.1, 0.15) is 47.0 Å². The van der Waals surface area contributed by atoms with E-state index in [0.717, 1.165) is 6.04 Å². The molecule has 2 heteroatoms. The van der Waals surface area contributed by atoms with Crippen molar-refractivity contribution in [3.8, 4) is 0 Å². The van der Waals surface area contributed by atoms with Crippen molar-refractivity contribution in [3.63, 3.8) is 0 Å². The van der Waals surface area contributed by atoms with E-state index in [1.165, 1.54) is 32.4 Å². The molecule has 84 valence electrons. The molecule has 0 aromatic heterocycles. The lowest BCUT2D eigenvalue weighted by Crippen LogP contribution is -2.58. The van der Waals surface area contributed by atoms with Gasteiger partial charge in [-0.1, -0.05) is 20.3 Å². The van der Waals surface area contributed by atoms with E-state index >= 15 is 0 Å². The fourth-order valence-corrected chi connectivity index (χ4v) is 2.42. The summed E-state index contributed by atoms with van der Waals surface area (Å²) < 4.78 is 0. The molecule has 2 unspecified atom stereocenters. The van der Waals surface area contributed by atoms with Crippen molar-refractivity contribution >= 4 is 0 Å². The van der Waals surface area contributed by atoms with E-state index in [0.29, 0.717) is 12.1 Å². The Morgan fingerprint density at radius 1 is 1.00 bits per heavy atom. The van der Waals surface area contributed by atoms with Crippen molar-refractivity contribution in [2.24, 2.45) is 0 Å². The van der Waals surface area contributed by atoms with Gasteiger partial charge in [-0.3, -0.25) is 4.90 Å². The Labute approximate surface area is 89.1 Å². The van der Waals surface area contributed by atoms with Gasteiger partial charge in [0.25, 0.3) is 0 Å². The third-order valence-electron chi connectivity index (χ3n) is 3.18. The Kier molecular flexibility index (Phi) is 4.90. The van der Waals surface area contributed by atoms with Crippen LogP contribution < -0.4 is 5.32 Å². The number of piperazine rings is 1. The second-order valence-electron chi connectivity index (χ2n) is 4.51. The Bertz CT molecular complexity index is 144. The number of nitrogens with zero attached hydrogens (tertiary/aromatic N) is 1. The zero-order valence-corrected chi connectivity index (χ0v) is 10.2. The maximum absolute atomic E-state index is 3.57. The molecule has 1 saturated carbocycles. The van der Waals surface area contributed by atoms with E-state index in [4.69, 9.17) is 0 Å². The van der Waals surface area contributed by atoms with Crippen molar-refractivity contribution in [1.29, 1.82) is 0 Å². The third kappa shape index (κ3) is 2.96. The zero-order chi connectivity index (χ0) is 10.6. The van der Waals surface area contributed by atoms with Crippen molar-refractivity contribution in [1.82, 2.24) is 10.2 Å². The van der Waals surface area contributed by atoms with Crippen LogP contribution >= 0.6 is 0 Å². The summed E-state index contributed by atoms with van der Waals surface area (Å²) in [5.41, 5.74) is 0. The van der Waals surface area contributed by atoms with Crippen molar-refractivity contribution in [3.05, 3.63) is 0 Å². The minimum absolute atomic E-state index is 0.689. The smallest absolute Gasteiger partial charge is 0.0169 e. The predicted octanol–water partition coefficient (Wildman–Crippen LogP) is 2.25. The van der Waals surface area contributed by atoms with Crippen molar-refractivity contribution < 1.29 is 0 Å². The quantitative estimate of drug-likeness (QED) is 0.695. The van der Waals surface area contributed by atoms with E-state index < -0.39 is 0 Å². The Morgan fingerprint density at radius 3 is 1.86 bits per heavy atom. The molecule has 1 aliphatic carbocycles. The highest BCUT2D eigenvalue weighted by Crippen LogP contribution is 2.26. The van der Waals surface area contributed by atoms with Gasteiger partial charge in [0.1, 0.15) is 0 Å². The first kappa shape index (κ1) is 12.0.